The third kappa shape index (κ3) is 2.80. The smallest absolute Gasteiger partial charge is 0.0876 e. The van der Waals surface area contributed by atoms with Gasteiger partial charge in [0, 0.05) is 18.8 Å². The zero-order valence-corrected chi connectivity index (χ0v) is 8.60. The predicted octanol–water partition coefficient (Wildman–Crippen LogP) is 1.68. The molecule has 1 unspecified atom stereocenters. The van der Waals surface area contributed by atoms with E-state index in [4.69, 9.17) is 4.74 Å². The van der Waals surface area contributed by atoms with E-state index < -0.39 is 6.10 Å². The number of pyridine rings is 1. The average Bonchev–Trinajstić information content (AvgIpc) is 2.31. The van der Waals surface area contributed by atoms with Crippen LogP contribution < -0.4 is 0 Å². The molecule has 0 fully saturated rings. The fourth-order valence-corrected chi connectivity index (χ4v) is 1.70. The molecule has 0 aliphatic carbocycles. The number of ether oxygens (including phenoxy) is 1. The summed E-state index contributed by atoms with van der Waals surface area (Å²) in [5, 5.41) is 9.96. The molecule has 0 aromatic carbocycles. The van der Waals surface area contributed by atoms with E-state index in [9.17, 15) is 5.11 Å². The van der Waals surface area contributed by atoms with E-state index in [1.807, 2.05) is 12.1 Å². The third-order valence-corrected chi connectivity index (χ3v) is 2.57. The Kier molecular flexibility index (Phi) is 3.35. The van der Waals surface area contributed by atoms with Gasteiger partial charge in [-0.15, -0.1) is 0 Å². The fourth-order valence-electron chi connectivity index (χ4n) is 1.70. The van der Waals surface area contributed by atoms with Crippen molar-refractivity contribution in [2.75, 3.05) is 6.61 Å². The Balaban J connectivity index is 1.97. The van der Waals surface area contributed by atoms with Crippen LogP contribution in [0.3, 0.4) is 0 Å². The van der Waals surface area contributed by atoms with Crippen molar-refractivity contribution < 1.29 is 9.84 Å². The van der Waals surface area contributed by atoms with Gasteiger partial charge in [-0.3, -0.25) is 4.98 Å². The highest BCUT2D eigenvalue weighted by molar-refractivity contribution is 5.16. The molecule has 1 atom stereocenters. The van der Waals surface area contributed by atoms with Crippen LogP contribution in [0, 0.1) is 0 Å². The van der Waals surface area contributed by atoms with Crippen LogP contribution in [-0.2, 0) is 11.2 Å². The Labute approximate surface area is 89.4 Å². The van der Waals surface area contributed by atoms with Crippen molar-refractivity contribution in [1.29, 1.82) is 0 Å². The van der Waals surface area contributed by atoms with Gasteiger partial charge in [-0.1, -0.05) is 0 Å². The Morgan fingerprint density at radius 1 is 1.40 bits per heavy atom. The van der Waals surface area contributed by atoms with Gasteiger partial charge in [0.1, 0.15) is 0 Å². The van der Waals surface area contributed by atoms with Crippen LogP contribution >= 0.6 is 0 Å². The molecule has 1 aliphatic rings. The Hall–Kier alpha value is -1.35. The van der Waals surface area contributed by atoms with E-state index in [0.29, 0.717) is 6.42 Å². The number of rotatable bonds is 3. The van der Waals surface area contributed by atoms with Gasteiger partial charge in [-0.25, -0.2) is 0 Å². The van der Waals surface area contributed by atoms with Gasteiger partial charge in [-0.2, -0.15) is 0 Å². The fraction of sp³-hybridized carbons (Fsp3) is 0.417. The molecule has 0 bridgehead atoms. The lowest BCUT2D eigenvalue weighted by Gasteiger charge is -2.18. The minimum atomic E-state index is -0.423. The molecular formula is C12H15NO2. The summed E-state index contributed by atoms with van der Waals surface area (Å²) >= 11 is 0. The lowest BCUT2D eigenvalue weighted by atomic mass is 9.99. The molecule has 15 heavy (non-hydrogen) atoms. The summed E-state index contributed by atoms with van der Waals surface area (Å²) in [6.07, 6.45) is 7.34. The minimum absolute atomic E-state index is 0.423. The van der Waals surface area contributed by atoms with E-state index in [2.05, 4.69) is 4.98 Å². The van der Waals surface area contributed by atoms with Crippen molar-refractivity contribution in [2.24, 2.45) is 0 Å². The van der Waals surface area contributed by atoms with Gasteiger partial charge in [0.2, 0.25) is 0 Å². The molecule has 3 heteroatoms. The van der Waals surface area contributed by atoms with Gasteiger partial charge >= 0.3 is 0 Å². The molecule has 1 aromatic rings. The molecule has 1 N–H and O–H groups in total. The lowest BCUT2D eigenvalue weighted by molar-refractivity contribution is 0.169. The van der Waals surface area contributed by atoms with Crippen LogP contribution in [0.15, 0.2) is 36.4 Å². The highest BCUT2D eigenvalue weighted by Crippen LogP contribution is 2.18. The molecular weight excluding hydrogens is 190 g/mol. The highest BCUT2D eigenvalue weighted by Gasteiger charge is 2.14. The monoisotopic (exact) mass is 205 g/mol. The van der Waals surface area contributed by atoms with Crippen molar-refractivity contribution in [3.8, 4) is 0 Å². The first-order chi connectivity index (χ1) is 7.36. The van der Waals surface area contributed by atoms with E-state index >= 15 is 0 Å². The maximum Gasteiger partial charge on any atom is 0.0876 e. The van der Waals surface area contributed by atoms with Gasteiger partial charge < -0.3 is 9.84 Å². The molecule has 2 rings (SSSR count). The van der Waals surface area contributed by atoms with Crippen LogP contribution in [0.5, 0.6) is 0 Å². The maximum atomic E-state index is 9.96. The van der Waals surface area contributed by atoms with E-state index in [1.54, 1.807) is 18.7 Å². The van der Waals surface area contributed by atoms with Crippen molar-refractivity contribution in [3.05, 3.63) is 41.9 Å². The number of hydrogen-bond acceptors (Lipinski definition) is 3. The summed E-state index contributed by atoms with van der Waals surface area (Å²) in [7, 11) is 0. The minimum Gasteiger partial charge on any atom is -0.501 e. The van der Waals surface area contributed by atoms with E-state index in [-0.39, 0.29) is 0 Å². The Morgan fingerprint density at radius 3 is 2.87 bits per heavy atom. The second kappa shape index (κ2) is 4.94. The molecule has 0 spiro atoms. The summed E-state index contributed by atoms with van der Waals surface area (Å²) in [5.74, 6) is 0. The molecule has 3 nitrogen and oxygen atoms in total. The van der Waals surface area contributed by atoms with Crippen molar-refractivity contribution in [3.63, 3.8) is 0 Å². The number of nitrogens with zero attached hydrogens (tertiary/aromatic N) is 1. The molecule has 80 valence electrons. The van der Waals surface area contributed by atoms with E-state index in [0.717, 1.165) is 30.6 Å². The van der Waals surface area contributed by atoms with Crippen molar-refractivity contribution >= 4 is 0 Å². The first-order valence-corrected chi connectivity index (χ1v) is 5.24. The van der Waals surface area contributed by atoms with Crippen LogP contribution in [0.2, 0.25) is 0 Å². The zero-order chi connectivity index (χ0) is 10.5. The third-order valence-electron chi connectivity index (χ3n) is 2.57. The summed E-state index contributed by atoms with van der Waals surface area (Å²) < 4.78 is 5.21. The summed E-state index contributed by atoms with van der Waals surface area (Å²) in [6.45, 7) is 0.769. The Morgan fingerprint density at radius 2 is 2.20 bits per heavy atom. The lowest BCUT2D eigenvalue weighted by Crippen LogP contribution is -2.17. The van der Waals surface area contributed by atoms with Crippen molar-refractivity contribution in [1.82, 2.24) is 4.98 Å². The molecule has 0 amide bonds. The van der Waals surface area contributed by atoms with Crippen molar-refractivity contribution in [2.45, 2.75) is 25.4 Å². The molecule has 1 aliphatic heterocycles. The van der Waals surface area contributed by atoms with Crippen LogP contribution in [-0.4, -0.2) is 22.8 Å². The standard InChI is InChI=1S/C12H15NO2/c14-12(11-2-1-7-15-9-11)8-10-3-5-13-6-4-10/h3-6,9,12,14H,1-2,7-8H2. The summed E-state index contributed by atoms with van der Waals surface area (Å²) in [5.41, 5.74) is 2.10. The average molecular weight is 205 g/mol. The predicted molar refractivity (Wildman–Crippen MR) is 57.2 cm³/mol. The van der Waals surface area contributed by atoms with Gasteiger partial charge in [0.25, 0.3) is 0 Å². The molecule has 1 aromatic heterocycles. The second-order valence-electron chi connectivity index (χ2n) is 3.74. The zero-order valence-electron chi connectivity index (χ0n) is 8.60. The normalized spacial score (nSPS) is 17.8. The number of hydrogen-bond donors (Lipinski definition) is 1. The van der Waals surface area contributed by atoms with E-state index in [1.165, 1.54) is 0 Å². The Bertz CT molecular complexity index is 335. The largest absolute Gasteiger partial charge is 0.501 e. The van der Waals surface area contributed by atoms with Crippen LogP contribution in [0.1, 0.15) is 18.4 Å². The topological polar surface area (TPSA) is 42.4 Å². The second-order valence-corrected chi connectivity index (χ2v) is 3.74. The molecule has 0 saturated heterocycles. The maximum absolute atomic E-state index is 9.96. The molecule has 2 heterocycles. The molecule has 0 saturated carbocycles. The summed E-state index contributed by atoms with van der Waals surface area (Å²) in [4.78, 5) is 3.94. The SMILES string of the molecule is OC(Cc1ccncc1)C1=COCCC1. The number of aliphatic hydroxyl groups excluding tert-OH is 1. The van der Waals surface area contributed by atoms with Gasteiger partial charge in [0.15, 0.2) is 0 Å². The number of aromatic nitrogens is 1. The number of aliphatic hydroxyl groups is 1. The first kappa shape index (κ1) is 10.2. The van der Waals surface area contributed by atoms with Gasteiger partial charge in [-0.05, 0) is 36.1 Å². The van der Waals surface area contributed by atoms with Crippen LogP contribution in [0.25, 0.3) is 0 Å². The molecule has 0 radical (unpaired) electrons. The highest BCUT2D eigenvalue weighted by atomic mass is 16.5. The van der Waals surface area contributed by atoms with Crippen LogP contribution in [0.4, 0.5) is 0 Å². The first-order valence-electron chi connectivity index (χ1n) is 5.24. The van der Waals surface area contributed by atoms with Gasteiger partial charge in [0.05, 0.1) is 19.0 Å². The summed E-state index contributed by atoms with van der Waals surface area (Å²) in [6, 6.07) is 3.85. The quantitative estimate of drug-likeness (QED) is 0.816.